The summed E-state index contributed by atoms with van der Waals surface area (Å²) in [6, 6.07) is 31.5. The lowest BCUT2D eigenvalue weighted by Gasteiger charge is -2.10. The fraction of sp³-hybridized carbons (Fsp3) is 0.225. The molecule has 4 aromatic carbocycles. The van der Waals surface area contributed by atoms with Crippen LogP contribution in [0.4, 0.5) is 23.3 Å². The molecule has 1 fully saturated rings. The number of anilines is 4. The Labute approximate surface area is 588 Å². The lowest BCUT2D eigenvalue weighted by atomic mass is 10.0. The molecule has 1 aliphatic rings. The van der Waals surface area contributed by atoms with E-state index < -0.39 is 19.5 Å². The Balaban J connectivity index is 0.000000116. The van der Waals surface area contributed by atoms with Crippen molar-refractivity contribution in [3.63, 3.8) is 0 Å². The number of ketones is 2. The van der Waals surface area contributed by atoms with E-state index in [0.717, 1.165) is 147 Å². The molecule has 1 saturated carbocycles. The van der Waals surface area contributed by atoms with Crippen LogP contribution in [0.3, 0.4) is 0 Å². The number of H-pyrrole nitrogens is 4. The topological polar surface area (TPSA) is 439 Å². The summed E-state index contributed by atoms with van der Waals surface area (Å²) in [7, 11) is -5.29. The first-order valence-electron chi connectivity index (χ1n) is 33.1. The van der Waals surface area contributed by atoms with E-state index in [4.69, 9.17) is 22.9 Å². The number of pyridine rings is 4. The molecule has 17 rings (SSSR count). The number of hydrogen-bond donors (Lipinski definition) is 9. The van der Waals surface area contributed by atoms with Gasteiger partial charge >= 0.3 is 0 Å². The number of nitrogen functional groups attached to an aromatic ring is 4. The number of nitrogens with one attached hydrogen (secondary N) is 5. The van der Waals surface area contributed by atoms with Crippen molar-refractivity contribution in [1.82, 2.24) is 105 Å². The number of fused-ring (bicyclic) bond motifs is 12. The monoisotopic (exact) mass is 1420 g/mol. The van der Waals surface area contributed by atoms with Crippen molar-refractivity contribution in [2.24, 2.45) is 5.41 Å². The molecule has 0 radical (unpaired) electrons. The smallest absolute Gasteiger partial charge is 0.208 e. The summed E-state index contributed by atoms with van der Waals surface area (Å²) < 4.78 is 44.1. The zero-order valence-electron chi connectivity index (χ0n) is 56.7. The second-order valence-electron chi connectivity index (χ2n) is 25.6. The van der Waals surface area contributed by atoms with Gasteiger partial charge in [0.15, 0.2) is 11.6 Å². The van der Waals surface area contributed by atoms with Gasteiger partial charge in [-0.05, 0) is 109 Å². The van der Waals surface area contributed by atoms with Crippen molar-refractivity contribution < 1.29 is 22.2 Å². The normalized spacial score (nSPS) is 13.3. The SMILES string of the molecule is C=S(=O)(CC)CCn1cc2c(n1)c(N)nc1cc(-c3ccn[nH]3)ccc12.CC(=O)C1(Cn2cc3c(n2)c(N)nc2cc(-c4ccn[nH]4)ccc23)CC1.CC(=O)CCCn1cc2c(N)nc3cc(-c4ccn[nH]4)ccc3c2n1.CS(=O)(=O)NCCn1cc2c(N)nc3cc(-c4ccn[nH]4)ccc3c2n1. The Morgan fingerprint density at radius 3 is 1.27 bits per heavy atom. The van der Waals surface area contributed by atoms with Gasteiger partial charge in [-0.1, -0.05) is 43.3 Å². The fourth-order valence-electron chi connectivity index (χ4n) is 12.4. The maximum Gasteiger partial charge on any atom is 0.208 e. The molecule has 524 valence electrons. The van der Waals surface area contributed by atoms with Crippen molar-refractivity contribution in [3.05, 3.63) is 147 Å². The lowest BCUT2D eigenvalue weighted by Crippen LogP contribution is -2.26. The summed E-state index contributed by atoms with van der Waals surface area (Å²) >= 11 is 0. The van der Waals surface area contributed by atoms with E-state index in [1.54, 1.807) is 54.2 Å². The van der Waals surface area contributed by atoms with E-state index >= 15 is 0 Å². The molecular weight excluding hydrogens is 1350 g/mol. The van der Waals surface area contributed by atoms with Crippen LogP contribution in [-0.4, -0.2) is 154 Å². The van der Waals surface area contributed by atoms with Crippen LogP contribution < -0.4 is 27.7 Å². The summed E-state index contributed by atoms with van der Waals surface area (Å²) in [6.07, 6.45) is 18.7. The van der Waals surface area contributed by atoms with Crippen molar-refractivity contribution in [2.75, 3.05) is 47.2 Å². The molecule has 16 aromatic rings. The van der Waals surface area contributed by atoms with Crippen LogP contribution in [0.2, 0.25) is 0 Å². The number of carbonyl (C=O) groups excluding carboxylic acids is 2. The first-order valence-corrected chi connectivity index (χ1v) is 37.0. The van der Waals surface area contributed by atoms with Gasteiger partial charge in [-0.25, -0.2) is 33.1 Å². The van der Waals surface area contributed by atoms with Gasteiger partial charge in [0, 0.05) is 141 Å². The Hall–Kier alpha value is -12.3. The van der Waals surface area contributed by atoms with Gasteiger partial charge in [-0.2, -0.15) is 40.8 Å². The van der Waals surface area contributed by atoms with Crippen LogP contribution in [0.1, 0.15) is 46.5 Å². The predicted octanol–water partition coefficient (Wildman–Crippen LogP) is 9.25. The van der Waals surface area contributed by atoms with Gasteiger partial charge in [-0.3, -0.25) is 48.1 Å². The highest BCUT2D eigenvalue weighted by Gasteiger charge is 2.47. The number of Topliss-reactive ketones (excluding diaryl/α,β-unsaturated/α-hetero) is 2. The van der Waals surface area contributed by atoms with Crippen molar-refractivity contribution in [3.8, 4) is 45.0 Å². The number of hydrogen-bond acceptors (Lipinski definition) is 21. The Morgan fingerprint density at radius 2 is 0.874 bits per heavy atom. The quantitative estimate of drug-likeness (QED) is 0.0340. The van der Waals surface area contributed by atoms with E-state index in [-0.39, 0.29) is 23.5 Å². The number of aromatic nitrogens is 20. The summed E-state index contributed by atoms with van der Waals surface area (Å²) in [5.41, 5.74) is 38.0. The zero-order valence-corrected chi connectivity index (χ0v) is 58.3. The van der Waals surface area contributed by atoms with Gasteiger partial charge in [0.2, 0.25) is 10.0 Å². The number of rotatable bonds is 19. The summed E-state index contributed by atoms with van der Waals surface area (Å²) in [4.78, 5) is 41.1. The highest BCUT2D eigenvalue weighted by atomic mass is 32.2. The molecule has 0 saturated heterocycles. The minimum atomic E-state index is -3.23. The molecule has 32 heteroatoms. The van der Waals surface area contributed by atoms with Crippen LogP contribution in [0.15, 0.2) is 147 Å². The Morgan fingerprint density at radius 1 is 0.495 bits per heavy atom. The van der Waals surface area contributed by atoms with E-state index in [0.29, 0.717) is 78.4 Å². The number of nitrogens with two attached hydrogens (primary N) is 4. The van der Waals surface area contributed by atoms with E-state index in [1.807, 2.05) is 132 Å². The summed E-state index contributed by atoms with van der Waals surface area (Å²) in [6.45, 7) is 7.63. The predicted molar refractivity (Wildman–Crippen MR) is 404 cm³/mol. The summed E-state index contributed by atoms with van der Waals surface area (Å²) in [5.74, 6) is 6.92. The van der Waals surface area contributed by atoms with Gasteiger partial charge in [0.1, 0.15) is 45.3 Å². The van der Waals surface area contributed by atoms with Crippen LogP contribution >= 0.6 is 0 Å². The molecule has 12 heterocycles. The second-order valence-corrected chi connectivity index (χ2v) is 30.4. The van der Waals surface area contributed by atoms with E-state index in [1.165, 1.54) is 0 Å². The van der Waals surface area contributed by atoms with Crippen molar-refractivity contribution >= 4 is 147 Å². The molecule has 13 N–H and O–H groups in total. The molecule has 30 nitrogen and oxygen atoms in total. The Bertz CT molecular complexity index is 6100. The van der Waals surface area contributed by atoms with Gasteiger partial charge in [-0.15, -0.1) is 0 Å². The van der Waals surface area contributed by atoms with Crippen LogP contribution in [0.5, 0.6) is 0 Å². The van der Waals surface area contributed by atoms with Gasteiger partial charge < -0.3 is 27.7 Å². The number of aryl methyl sites for hydroxylation is 2. The third kappa shape index (κ3) is 14.6. The molecule has 1 atom stereocenters. The highest BCUT2D eigenvalue weighted by Crippen LogP contribution is 2.48. The summed E-state index contributed by atoms with van der Waals surface area (Å²) in [5, 5.41) is 53.3. The number of benzene rings is 4. The molecule has 103 heavy (non-hydrogen) atoms. The minimum absolute atomic E-state index is 0.190. The molecule has 1 unspecified atom stereocenters. The van der Waals surface area contributed by atoms with Gasteiger partial charge in [0.25, 0.3) is 0 Å². The lowest BCUT2D eigenvalue weighted by molar-refractivity contribution is -0.122. The highest BCUT2D eigenvalue weighted by molar-refractivity contribution is 8.00. The minimum Gasteiger partial charge on any atom is -0.383 e. The average molecular weight is 1420 g/mol. The van der Waals surface area contributed by atoms with Crippen LogP contribution in [0, 0.1) is 5.41 Å². The first-order chi connectivity index (χ1) is 49.5. The number of nitrogens with zero attached hydrogens (tertiary/aromatic N) is 16. The Kier molecular flexibility index (Phi) is 18.2. The molecule has 1 aliphatic carbocycles. The third-order valence-electron chi connectivity index (χ3n) is 18.3. The standard InChI is InChI=1S/C19H18N6O.C18H20N6OS.C18H18N6O.C16H17N7O2S/c1-11(26)19(5-6-19)10-25-9-14-13-3-2-12(15-4-7-21-23-15)8-16(13)22-18(20)17(14)24-25;1-3-26(2,25)9-8-24-11-14-13-5-4-12(15-6-7-20-22-15)10-16(13)21-18(19)17(14)23-24;1-11(25)3-2-8-24-10-14-17(23-24)13-5-4-12(15-6-7-20-22-15)9-16(13)21-18(14)19;1-26(24,25)19-6-7-23-9-12-15(22-23)11-3-2-10(13-4-5-18-21-13)8-14(11)20-16(12)17/h2-4,7-9H,5-6,10H2,1H3,(H2,20,22)(H,21,23);4-7,10-11H,2-3,8-9H2,1H3,(H2,19,21)(H,20,22);4-7,9-10H,2-3,8H2,1H3,(H2,19,21)(H,20,22);2-5,8-9,19H,6-7H2,1H3,(H2,17,20)(H,18,21). The molecule has 0 aliphatic heterocycles. The van der Waals surface area contributed by atoms with Crippen molar-refractivity contribution in [2.45, 2.75) is 72.6 Å². The van der Waals surface area contributed by atoms with Crippen LogP contribution in [0.25, 0.3) is 132 Å². The third-order valence-corrected chi connectivity index (χ3v) is 21.0. The maximum absolute atomic E-state index is 12.2. The van der Waals surface area contributed by atoms with Crippen molar-refractivity contribution in [1.29, 1.82) is 0 Å². The largest absolute Gasteiger partial charge is 0.383 e. The molecular formula is C71H73N25O5S2. The first kappa shape index (κ1) is 67.9. The molecule has 0 amide bonds. The average Bonchev–Trinajstić information content (AvgIpc) is 1.67. The number of sulfonamides is 1. The second kappa shape index (κ2) is 27.7. The molecule has 0 bridgehead atoms. The number of aromatic amines is 4. The maximum atomic E-state index is 12.2. The van der Waals surface area contributed by atoms with Gasteiger partial charge in [0.05, 0.1) is 81.5 Å². The number of carbonyl (C=O) groups is 2. The molecule has 0 spiro atoms. The van der Waals surface area contributed by atoms with Crippen LogP contribution in [-0.2, 0) is 55.3 Å². The van der Waals surface area contributed by atoms with E-state index in [2.05, 4.69) is 91.7 Å². The zero-order chi connectivity index (χ0) is 71.9. The fourth-order valence-corrected chi connectivity index (χ4v) is 13.7. The van der Waals surface area contributed by atoms with E-state index in [9.17, 15) is 22.2 Å². The molecule has 12 aromatic heterocycles.